The number of rotatable bonds is 6. The van der Waals surface area contributed by atoms with Crippen LogP contribution in [-0.4, -0.2) is 27.4 Å². The van der Waals surface area contributed by atoms with E-state index in [1.54, 1.807) is 37.6 Å². The Hall–Kier alpha value is -4.17. The van der Waals surface area contributed by atoms with Gasteiger partial charge in [0.15, 0.2) is 0 Å². The van der Waals surface area contributed by atoms with E-state index < -0.39 is 0 Å². The van der Waals surface area contributed by atoms with E-state index in [4.69, 9.17) is 14.5 Å². The highest BCUT2D eigenvalue weighted by molar-refractivity contribution is 7.11. The van der Waals surface area contributed by atoms with Crippen LogP contribution in [0.4, 0.5) is 5.82 Å². The van der Waals surface area contributed by atoms with E-state index in [1.807, 2.05) is 58.4 Å². The number of hydrogen-bond acceptors (Lipinski definition) is 6. The molecule has 0 spiro atoms. The topological polar surface area (TPSA) is 77.8 Å². The monoisotopic (exact) mass is 442 g/mol. The maximum absolute atomic E-state index is 13.0. The minimum Gasteiger partial charge on any atom is -0.497 e. The van der Waals surface area contributed by atoms with Crippen LogP contribution in [0.5, 0.6) is 16.7 Å². The Morgan fingerprint density at radius 3 is 2.50 bits per heavy atom. The molecular formula is C24H18N4O3S. The molecule has 0 radical (unpaired) electrons. The Balaban J connectivity index is 1.44. The van der Waals surface area contributed by atoms with E-state index in [9.17, 15) is 4.79 Å². The number of aromatic nitrogens is 3. The maximum Gasteiger partial charge on any atom is 0.278 e. The zero-order valence-corrected chi connectivity index (χ0v) is 17.9. The van der Waals surface area contributed by atoms with Crippen LogP contribution in [0.25, 0.3) is 16.9 Å². The Labute approximate surface area is 187 Å². The fourth-order valence-electron chi connectivity index (χ4n) is 3.28. The number of anilines is 1. The summed E-state index contributed by atoms with van der Waals surface area (Å²) in [5.74, 6) is 1.72. The first-order valence-electron chi connectivity index (χ1n) is 9.81. The summed E-state index contributed by atoms with van der Waals surface area (Å²) < 4.78 is 12.8. The first-order valence-corrected chi connectivity index (χ1v) is 10.7. The number of fused-ring (bicyclic) bond motifs is 1. The molecule has 0 aliphatic heterocycles. The fraction of sp³-hybridized carbons (Fsp3) is 0.0417. The van der Waals surface area contributed by atoms with Crippen LogP contribution < -0.4 is 14.8 Å². The molecule has 0 saturated heterocycles. The summed E-state index contributed by atoms with van der Waals surface area (Å²) in [6, 6.07) is 20.2. The third-order valence-electron chi connectivity index (χ3n) is 4.86. The Morgan fingerprint density at radius 1 is 1.00 bits per heavy atom. The summed E-state index contributed by atoms with van der Waals surface area (Å²) in [7, 11) is 1.62. The van der Waals surface area contributed by atoms with Crippen molar-refractivity contribution in [3.8, 4) is 28.0 Å². The van der Waals surface area contributed by atoms with E-state index in [2.05, 4.69) is 10.3 Å². The molecule has 0 bridgehead atoms. The van der Waals surface area contributed by atoms with Crippen molar-refractivity contribution in [2.24, 2.45) is 0 Å². The van der Waals surface area contributed by atoms with Crippen LogP contribution in [0.3, 0.4) is 0 Å². The number of methoxy groups -OCH3 is 1. The lowest BCUT2D eigenvalue weighted by molar-refractivity contribution is 0.102. The highest BCUT2D eigenvalue weighted by atomic mass is 32.1. The first kappa shape index (κ1) is 19.8. The van der Waals surface area contributed by atoms with Crippen molar-refractivity contribution in [3.05, 3.63) is 90.1 Å². The van der Waals surface area contributed by atoms with Crippen LogP contribution in [-0.2, 0) is 0 Å². The van der Waals surface area contributed by atoms with Crippen molar-refractivity contribution < 1.29 is 14.3 Å². The molecule has 1 amide bonds. The van der Waals surface area contributed by atoms with E-state index >= 15 is 0 Å². The minimum atomic E-state index is -0.244. The minimum absolute atomic E-state index is 0.244. The lowest BCUT2D eigenvalue weighted by Crippen LogP contribution is -2.14. The van der Waals surface area contributed by atoms with Gasteiger partial charge in [-0.3, -0.25) is 9.20 Å². The van der Waals surface area contributed by atoms with Gasteiger partial charge in [-0.1, -0.05) is 17.4 Å². The second-order valence-corrected chi connectivity index (χ2v) is 7.70. The van der Waals surface area contributed by atoms with Crippen molar-refractivity contribution in [3.63, 3.8) is 0 Å². The zero-order chi connectivity index (χ0) is 21.9. The van der Waals surface area contributed by atoms with Gasteiger partial charge in [-0.2, -0.15) is 0 Å². The molecule has 0 saturated carbocycles. The number of carbonyl (C=O) groups excluding carboxylic acids is 1. The predicted molar refractivity (Wildman–Crippen MR) is 124 cm³/mol. The molecular weight excluding hydrogens is 424 g/mol. The van der Waals surface area contributed by atoms with Gasteiger partial charge in [0.05, 0.1) is 7.11 Å². The number of amides is 1. The summed E-state index contributed by atoms with van der Waals surface area (Å²) in [6.07, 6.45) is 3.55. The Kier molecular flexibility index (Phi) is 5.27. The largest absolute Gasteiger partial charge is 0.497 e. The molecule has 3 aromatic heterocycles. The lowest BCUT2D eigenvalue weighted by Gasteiger charge is -2.09. The standard InChI is InChI=1S/C24H18N4O3S/c1-30-18-9-5-16(6-10-18)21-22(28-14-3-2-4-20(28)26-21)27-23(29)17-7-11-19(12-8-17)31-24-25-13-15-32-24/h2-15H,1H3,(H,27,29). The van der Waals surface area contributed by atoms with Gasteiger partial charge in [0.2, 0.25) is 0 Å². The van der Waals surface area contributed by atoms with Gasteiger partial charge in [-0.15, -0.1) is 0 Å². The van der Waals surface area contributed by atoms with E-state index in [0.29, 0.717) is 28.0 Å². The van der Waals surface area contributed by atoms with Crippen LogP contribution in [0, 0.1) is 0 Å². The third-order valence-corrected chi connectivity index (χ3v) is 5.50. The summed E-state index contributed by atoms with van der Waals surface area (Å²) in [4.78, 5) is 21.9. The number of thiazole rings is 1. The second kappa shape index (κ2) is 8.52. The lowest BCUT2D eigenvalue weighted by atomic mass is 10.1. The van der Waals surface area contributed by atoms with Gasteiger partial charge in [-0.05, 0) is 60.7 Å². The molecule has 0 unspecified atom stereocenters. The second-order valence-electron chi connectivity index (χ2n) is 6.84. The van der Waals surface area contributed by atoms with Gasteiger partial charge >= 0.3 is 0 Å². The molecule has 7 nitrogen and oxygen atoms in total. The molecule has 8 heteroatoms. The Morgan fingerprint density at radius 2 is 1.78 bits per heavy atom. The number of imidazole rings is 1. The zero-order valence-electron chi connectivity index (χ0n) is 17.1. The van der Waals surface area contributed by atoms with E-state index in [1.165, 1.54) is 11.3 Å². The predicted octanol–water partition coefficient (Wildman–Crippen LogP) is 5.51. The number of nitrogens with zero attached hydrogens (tertiary/aromatic N) is 3. The van der Waals surface area contributed by atoms with E-state index in [-0.39, 0.29) is 5.91 Å². The van der Waals surface area contributed by atoms with Crippen LogP contribution in [0.15, 0.2) is 84.5 Å². The SMILES string of the molecule is COc1ccc(-c2nc3ccccn3c2NC(=O)c2ccc(Oc3nccs3)cc2)cc1. The molecule has 2 aromatic carbocycles. The van der Waals surface area contributed by atoms with Gasteiger partial charge in [0, 0.05) is 28.9 Å². The van der Waals surface area contributed by atoms with Crippen LogP contribution in [0.1, 0.15) is 10.4 Å². The number of nitrogens with one attached hydrogen (secondary N) is 1. The van der Waals surface area contributed by atoms with Crippen molar-refractivity contribution in [1.82, 2.24) is 14.4 Å². The molecule has 32 heavy (non-hydrogen) atoms. The highest BCUT2D eigenvalue weighted by Crippen LogP contribution is 2.30. The quantitative estimate of drug-likeness (QED) is 0.375. The normalized spacial score (nSPS) is 10.8. The summed E-state index contributed by atoms with van der Waals surface area (Å²) in [6.45, 7) is 0. The smallest absolute Gasteiger partial charge is 0.278 e. The molecule has 0 fully saturated rings. The van der Waals surface area contributed by atoms with Gasteiger partial charge in [0.25, 0.3) is 11.1 Å². The molecule has 0 aliphatic rings. The van der Waals surface area contributed by atoms with Crippen LogP contribution >= 0.6 is 11.3 Å². The summed E-state index contributed by atoms with van der Waals surface area (Å²) in [5, 5.41) is 5.41. The number of pyridine rings is 1. The molecule has 3 heterocycles. The molecule has 5 aromatic rings. The fourth-order valence-corrected chi connectivity index (χ4v) is 3.79. The van der Waals surface area contributed by atoms with Crippen molar-refractivity contribution in [1.29, 1.82) is 0 Å². The Bertz CT molecular complexity index is 1360. The average molecular weight is 443 g/mol. The van der Waals surface area contributed by atoms with Crippen molar-refractivity contribution in [2.45, 2.75) is 0 Å². The summed E-state index contributed by atoms with van der Waals surface area (Å²) >= 11 is 1.40. The number of benzene rings is 2. The average Bonchev–Trinajstić information content (AvgIpc) is 3.48. The number of hydrogen-bond donors (Lipinski definition) is 1. The van der Waals surface area contributed by atoms with Crippen LogP contribution in [0.2, 0.25) is 0 Å². The van der Waals surface area contributed by atoms with Gasteiger partial charge in [0.1, 0.15) is 28.7 Å². The van der Waals surface area contributed by atoms with E-state index in [0.717, 1.165) is 17.0 Å². The molecule has 158 valence electrons. The first-order chi connectivity index (χ1) is 15.7. The highest BCUT2D eigenvalue weighted by Gasteiger charge is 2.17. The van der Waals surface area contributed by atoms with Crippen molar-refractivity contribution >= 4 is 28.7 Å². The molecule has 1 N–H and O–H groups in total. The third kappa shape index (κ3) is 3.91. The van der Waals surface area contributed by atoms with Crippen molar-refractivity contribution in [2.75, 3.05) is 12.4 Å². The number of ether oxygens (including phenoxy) is 2. The molecule has 0 atom stereocenters. The molecule has 5 rings (SSSR count). The van der Waals surface area contributed by atoms with Gasteiger partial charge in [-0.25, -0.2) is 9.97 Å². The summed E-state index contributed by atoms with van der Waals surface area (Å²) in [5.41, 5.74) is 2.79. The number of carbonyl (C=O) groups is 1. The maximum atomic E-state index is 13.0. The molecule has 0 aliphatic carbocycles. The van der Waals surface area contributed by atoms with Gasteiger partial charge < -0.3 is 14.8 Å².